The Morgan fingerprint density at radius 3 is 2.34 bits per heavy atom. The average Bonchev–Trinajstić information content (AvgIpc) is 3.11. The van der Waals surface area contributed by atoms with E-state index in [1.54, 1.807) is 18.2 Å². The van der Waals surface area contributed by atoms with Crippen molar-refractivity contribution in [1.82, 2.24) is 0 Å². The highest BCUT2D eigenvalue weighted by Gasteiger charge is 2.39. The molecule has 1 aliphatic rings. The Hall–Kier alpha value is -3.22. The van der Waals surface area contributed by atoms with Gasteiger partial charge in [-0.15, -0.1) is 0 Å². The number of carboxylic acid groups (broad SMARTS) is 1. The number of cyclic esters (lactones) is 1. The Morgan fingerprint density at radius 1 is 1.06 bits per heavy atom. The second kappa shape index (κ2) is 9.10. The molecule has 0 spiro atoms. The molecule has 0 saturated carbocycles. The molecule has 0 aliphatic carbocycles. The van der Waals surface area contributed by atoms with E-state index in [4.69, 9.17) is 18.9 Å². The second-order valence-corrected chi connectivity index (χ2v) is 8.92. The Balaban J connectivity index is 2.09. The molecule has 0 amide bonds. The van der Waals surface area contributed by atoms with Crippen LogP contribution in [0.25, 0.3) is 11.1 Å². The molecule has 0 radical (unpaired) electrons. The molecule has 0 aromatic heterocycles. The Labute approximate surface area is 188 Å². The van der Waals surface area contributed by atoms with Gasteiger partial charge >= 0.3 is 11.9 Å². The summed E-state index contributed by atoms with van der Waals surface area (Å²) in [6.07, 6.45) is 0. The van der Waals surface area contributed by atoms with Gasteiger partial charge in [0.05, 0.1) is 32.3 Å². The zero-order valence-electron chi connectivity index (χ0n) is 19.4. The van der Waals surface area contributed by atoms with Crippen LogP contribution in [0, 0.1) is 17.3 Å². The van der Waals surface area contributed by atoms with Gasteiger partial charge in [-0.1, -0.05) is 39.8 Å². The molecular formula is C25H30O7. The number of aliphatic carboxylic acids is 1. The number of hydrogen-bond donors (Lipinski definition) is 1. The summed E-state index contributed by atoms with van der Waals surface area (Å²) in [5.41, 5.74) is 2.14. The van der Waals surface area contributed by atoms with E-state index in [9.17, 15) is 14.7 Å². The van der Waals surface area contributed by atoms with Crippen molar-refractivity contribution in [3.63, 3.8) is 0 Å². The van der Waals surface area contributed by atoms with Crippen LogP contribution in [-0.2, 0) is 16.1 Å². The molecule has 1 atom stereocenters. The summed E-state index contributed by atoms with van der Waals surface area (Å²) >= 11 is 0. The maximum atomic E-state index is 12.1. The molecule has 0 saturated heterocycles. The quantitative estimate of drug-likeness (QED) is 0.558. The summed E-state index contributed by atoms with van der Waals surface area (Å²) in [5.74, 6) is -0.564. The molecule has 1 N–H and O–H groups in total. The molecule has 7 nitrogen and oxygen atoms in total. The monoisotopic (exact) mass is 442 g/mol. The summed E-state index contributed by atoms with van der Waals surface area (Å²) in [5, 5.41) is 9.78. The molecular weight excluding hydrogens is 412 g/mol. The maximum Gasteiger partial charge on any atom is 0.338 e. The molecule has 2 aromatic rings. The van der Waals surface area contributed by atoms with Crippen LogP contribution in [-0.4, -0.2) is 37.9 Å². The first kappa shape index (κ1) is 23.4. The van der Waals surface area contributed by atoms with Crippen molar-refractivity contribution < 1.29 is 33.6 Å². The third-order valence-electron chi connectivity index (χ3n) is 5.90. The Kier molecular flexibility index (Phi) is 6.67. The number of esters is 1. The molecule has 0 fully saturated rings. The fraction of sp³-hybridized carbons (Fsp3) is 0.440. The largest absolute Gasteiger partial charge is 0.493 e. The minimum absolute atomic E-state index is 0.0710. The van der Waals surface area contributed by atoms with Gasteiger partial charge in [0.1, 0.15) is 6.61 Å². The van der Waals surface area contributed by atoms with Gasteiger partial charge in [0.15, 0.2) is 11.5 Å². The van der Waals surface area contributed by atoms with Gasteiger partial charge in [0.25, 0.3) is 0 Å². The van der Waals surface area contributed by atoms with Crippen LogP contribution in [0.3, 0.4) is 0 Å². The van der Waals surface area contributed by atoms with Crippen molar-refractivity contribution in [3.8, 4) is 28.4 Å². The van der Waals surface area contributed by atoms with E-state index in [0.717, 1.165) is 11.1 Å². The predicted molar refractivity (Wildman–Crippen MR) is 119 cm³/mol. The van der Waals surface area contributed by atoms with E-state index in [-0.39, 0.29) is 25.1 Å². The van der Waals surface area contributed by atoms with Gasteiger partial charge in [-0.25, -0.2) is 4.79 Å². The van der Waals surface area contributed by atoms with Gasteiger partial charge in [-0.05, 0) is 29.7 Å². The lowest BCUT2D eigenvalue weighted by molar-refractivity contribution is -0.149. The van der Waals surface area contributed by atoms with Crippen LogP contribution in [0.4, 0.5) is 0 Å². The van der Waals surface area contributed by atoms with E-state index in [2.05, 4.69) is 0 Å². The average molecular weight is 443 g/mol. The zero-order chi connectivity index (χ0) is 23.6. The van der Waals surface area contributed by atoms with Crippen LogP contribution in [0.15, 0.2) is 30.3 Å². The van der Waals surface area contributed by atoms with Gasteiger partial charge in [-0.2, -0.15) is 0 Å². The first-order chi connectivity index (χ1) is 15.1. The molecule has 0 bridgehead atoms. The number of ether oxygens (including phenoxy) is 4. The fourth-order valence-electron chi connectivity index (χ4n) is 4.53. The number of methoxy groups -OCH3 is 2. The lowest BCUT2D eigenvalue weighted by Crippen LogP contribution is -2.39. The first-order valence-corrected chi connectivity index (χ1v) is 10.5. The Morgan fingerprint density at radius 2 is 1.75 bits per heavy atom. The highest BCUT2D eigenvalue weighted by Crippen LogP contribution is 2.47. The standard InChI is InChI=1S/C25H30O7/c1-14(2)20(23(26)27)25(3,4)13-32-21-16(10-11-19(29-5)22(21)30-6)15-8-7-9-17-18(15)12-31-24(17)28/h7-11,14,20H,12-13H2,1-6H3,(H,26,27). The highest BCUT2D eigenvalue weighted by molar-refractivity contribution is 5.96. The predicted octanol–water partition coefficient (Wildman–Crippen LogP) is 4.80. The summed E-state index contributed by atoms with van der Waals surface area (Å²) in [7, 11) is 3.06. The van der Waals surface area contributed by atoms with E-state index < -0.39 is 17.3 Å². The van der Waals surface area contributed by atoms with E-state index in [1.807, 2.05) is 39.8 Å². The van der Waals surface area contributed by atoms with Gasteiger partial charge in [0.2, 0.25) is 5.75 Å². The number of carbonyl (C=O) groups is 2. The lowest BCUT2D eigenvalue weighted by atomic mass is 9.73. The van der Waals surface area contributed by atoms with Crippen LogP contribution in [0.1, 0.15) is 43.6 Å². The smallest absolute Gasteiger partial charge is 0.338 e. The summed E-state index contributed by atoms with van der Waals surface area (Å²) in [6.45, 7) is 7.86. The second-order valence-electron chi connectivity index (χ2n) is 8.92. The number of carboxylic acids is 1. The van der Waals surface area contributed by atoms with Crippen LogP contribution in [0.2, 0.25) is 0 Å². The van der Waals surface area contributed by atoms with Crippen LogP contribution >= 0.6 is 0 Å². The molecule has 7 heteroatoms. The highest BCUT2D eigenvalue weighted by atomic mass is 16.5. The number of hydrogen-bond acceptors (Lipinski definition) is 6. The lowest BCUT2D eigenvalue weighted by Gasteiger charge is -2.34. The van der Waals surface area contributed by atoms with Crippen LogP contribution in [0.5, 0.6) is 17.2 Å². The summed E-state index contributed by atoms with van der Waals surface area (Å²) < 4.78 is 22.6. The minimum atomic E-state index is -0.858. The van der Waals surface area contributed by atoms with Gasteiger partial charge in [-0.3, -0.25) is 4.79 Å². The van der Waals surface area contributed by atoms with Crippen LogP contribution < -0.4 is 14.2 Å². The zero-order valence-corrected chi connectivity index (χ0v) is 19.4. The minimum Gasteiger partial charge on any atom is -0.493 e. The van der Waals surface area contributed by atoms with Crippen molar-refractivity contribution in [2.45, 2.75) is 34.3 Å². The van der Waals surface area contributed by atoms with Crippen molar-refractivity contribution in [2.24, 2.45) is 17.3 Å². The summed E-state index contributed by atoms with van der Waals surface area (Å²) in [4.78, 5) is 24.0. The van der Waals surface area contributed by atoms with Gasteiger partial charge in [0, 0.05) is 16.5 Å². The fourth-order valence-corrected chi connectivity index (χ4v) is 4.53. The van der Waals surface area contributed by atoms with Crippen molar-refractivity contribution >= 4 is 11.9 Å². The normalized spacial score (nSPS) is 14.0. The van der Waals surface area contributed by atoms with Crippen molar-refractivity contribution in [3.05, 3.63) is 41.5 Å². The number of benzene rings is 2. The third-order valence-corrected chi connectivity index (χ3v) is 5.90. The number of carbonyl (C=O) groups excluding carboxylic acids is 1. The third kappa shape index (κ3) is 4.24. The molecule has 1 unspecified atom stereocenters. The molecule has 2 aromatic carbocycles. The molecule has 1 aliphatic heterocycles. The van der Waals surface area contributed by atoms with Gasteiger partial charge < -0.3 is 24.1 Å². The maximum absolute atomic E-state index is 12.1. The number of fused-ring (bicyclic) bond motifs is 1. The molecule has 1 heterocycles. The van der Waals surface area contributed by atoms with E-state index in [0.29, 0.717) is 28.4 Å². The first-order valence-electron chi connectivity index (χ1n) is 10.5. The molecule has 3 rings (SSSR count). The molecule has 172 valence electrons. The van der Waals surface area contributed by atoms with Crippen molar-refractivity contribution in [1.29, 1.82) is 0 Å². The SMILES string of the molecule is COc1ccc(-c2cccc3c2COC3=O)c(OCC(C)(C)C(C(=O)O)C(C)C)c1OC. The number of rotatable bonds is 9. The molecule has 32 heavy (non-hydrogen) atoms. The van der Waals surface area contributed by atoms with E-state index >= 15 is 0 Å². The topological polar surface area (TPSA) is 91.3 Å². The summed E-state index contributed by atoms with van der Waals surface area (Å²) in [6, 6.07) is 9.05. The van der Waals surface area contributed by atoms with Crippen molar-refractivity contribution in [2.75, 3.05) is 20.8 Å². The van der Waals surface area contributed by atoms with E-state index in [1.165, 1.54) is 14.2 Å². The Bertz CT molecular complexity index is 1020.